The van der Waals surface area contributed by atoms with E-state index in [0.717, 1.165) is 36.2 Å². The van der Waals surface area contributed by atoms with Crippen LogP contribution in [0, 0.1) is 6.92 Å². The van der Waals surface area contributed by atoms with Crippen LogP contribution in [0.3, 0.4) is 0 Å². The first-order valence-corrected chi connectivity index (χ1v) is 11.3. The molecule has 0 radical (unpaired) electrons. The fraction of sp³-hybridized carbons (Fsp3) is 0.273. The predicted molar refractivity (Wildman–Crippen MR) is 125 cm³/mol. The van der Waals surface area contributed by atoms with Crippen molar-refractivity contribution >= 4 is 39.2 Å². The van der Waals surface area contributed by atoms with Gasteiger partial charge in [-0.25, -0.2) is 9.97 Å². The van der Waals surface area contributed by atoms with Crippen molar-refractivity contribution in [3.05, 3.63) is 53.2 Å². The molecule has 0 aliphatic carbocycles. The number of nitrogens with one attached hydrogen (secondary N) is 4. The minimum atomic E-state index is -0.236. The van der Waals surface area contributed by atoms with Crippen LogP contribution in [0.15, 0.2) is 42.7 Å². The Balaban J connectivity index is 1.37. The van der Waals surface area contributed by atoms with Crippen LogP contribution < -0.4 is 20.7 Å². The molecule has 1 aliphatic heterocycles. The zero-order valence-electron chi connectivity index (χ0n) is 17.5. The smallest absolute Gasteiger partial charge is 0.257 e. The van der Waals surface area contributed by atoms with Crippen LogP contribution in [-0.4, -0.2) is 45.2 Å². The summed E-state index contributed by atoms with van der Waals surface area (Å²) in [4.78, 5) is 22.2. The maximum Gasteiger partial charge on any atom is 0.257 e. The van der Waals surface area contributed by atoms with Gasteiger partial charge in [0.1, 0.15) is 16.9 Å². The summed E-state index contributed by atoms with van der Waals surface area (Å²) in [5.41, 5.74) is 1.13. The van der Waals surface area contributed by atoms with Crippen LogP contribution in [0.1, 0.15) is 28.1 Å². The summed E-state index contributed by atoms with van der Waals surface area (Å²) in [7, 11) is 0. The van der Waals surface area contributed by atoms with Gasteiger partial charge >= 0.3 is 0 Å². The third kappa shape index (κ3) is 4.41. The number of carbonyl (C=O) groups excluding carboxylic acids is 1. The van der Waals surface area contributed by atoms with Crippen LogP contribution in [0.2, 0.25) is 0 Å². The first-order chi connectivity index (χ1) is 15.7. The van der Waals surface area contributed by atoms with Crippen molar-refractivity contribution in [2.75, 3.05) is 23.7 Å². The Kier molecular flexibility index (Phi) is 5.70. The van der Waals surface area contributed by atoms with E-state index in [2.05, 4.69) is 36.1 Å². The summed E-state index contributed by atoms with van der Waals surface area (Å²) < 4.78 is 6.18. The maximum absolute atomic E-state index is 12.6. The summed E-state index contributed by atoms with van der Waals surface area (Å²) >= 11 is 1.43. The topological polar surface area (TPSA) is 117 Å². The number of fused-ring (bicyclic) bond motifs is 1. The molecule has 1 amide bonds. The molecule has 4 aromatic rings. The normalized spacial score (nSPS) is 16.1. The van der Waals surface area contributed by atoms with E-state index in [-0.39, 0.29) is 5.91 Å². The number of nitrogens with zero attached hydrogens (tertiary/aromatic N) is 3. The van der Waals surface area contributed by atoms with Gasteiger partial charge < -0.3 is 15.4 Å². The Morgan fingerprint density at radius 1 is 1.28 bits per heavy atom. The Morgan fingerprint density at radius 2 is 2.22 bits per heavy atom. The Labute approximate surface area is 188 Å². The lowest BCUT2D eigenvalue weighted by Gasteiger charge is -2.23. The number of aromatic nitrogens is 4. The van der Waals surface area contributed by atoms with Gasteiger partial charge in [-0.1, -0.05) is 6.07 Å². The quantitative estimate of drug-likeness (QED) is 0.352. The molecule has 0 saturated carbocycles. The average molecular weight is 450 g/mol. The van der Waals surface area contributed by atoms with Gasteiger partial charge in [-0.15, -0.1) is 11.3 Å². The van der Waals surface area contributed by atoms with Gasteiger partial charge in [0.15, 0.2) is 16.6 Å². The number of aryl methyl sites for hydroxylation is 1. The van der Waals surface area contributed by atoms with E-state index >= 15 is 0 Å². The van der Waals surface area contributed by atoms with Crippen molar-refractivity contribution in [2.24, 2.45) is 0 Å². The third-order valence-corrected chi connectivity index (χ3v) is 6.05. The highest BCUT2D eigenvalue weighted by atomic mass is 32.1. The number of amides is 1. The van der Waals surface area contributed by atoms with Crippen molar-refractivity contribution in [1.82, 2.24) is 25.5 Å². The number of H-pyrrole nitrogens is 1. The number of anilines is 2. The van der Waals surface area contributed by atoms with Crippen LogP contribution in [0.4, 0.5) is 10.9 Å². The zero-order valence-corrected chi connectivity index (χ0v) is 18.3. The average Bonchev–Trinajstić information content (AvgIpc) is 3.41. The number of hydrogen-bond donors (Lipinski definition) is 4. The lowest BCUT2D eigenvalue weighted by atomic mass is 10.1. The largest absolute Gasteiger partial charge is 0.456 e. The highest BCUT2D eigenvalue weighted by Gasteiger charge is 2.19. The summed E-state index contributed by atoms with van der Waals surface area (Å²) in [6.45, 7) is 3.88. The second-order valence-corrected chi connectivity index (χ2v) is 8.89. The number of benzene rings is 1. The number of hydrogen-bond acceptors (Lipinski definition) is 8. The van der Waals surface area contributed by atoms with Gasteiger partial charge in [-0.2, -0.15) is 5.10 Å². The minimum Gasteiger partial charge on any atom is -0.456 e. The van der Waals surface area contributed by atoms with Gasteiger partial charge in [-0.05, 0) is 44.5 Å². The fourth-order valence-electron chi connectivity index (χ4n) is 3.69. The molecule has 164 valence electrons. The summed E-state index contributed by atoms with van der Waals surface area (Å²) in [6.07, 6.45) is 5.60. The van der Waals surface area contributed by atoms with Crippen LogP contribution in [-0.2, 0) is 0 Å². The van der Waals surface area contributed by atoms with E-state index in [1.807, 2.05) is 13.0 Å². The molecule has 5 rings (SSSR count). The molecule has 32 heavy (non-hydrogen) atoms. The van der Waals surface area contributed by atoms with Crippen molar-refractivity contribution < 1.29 is 9.53 Å². The molecule has 1 saturated heterocycles. The lowest BCUT2D eigenvalue weighted by molar-refractivity contribution is 0.102. The monoisotopic (exact) mass is 449 g/mol. The fourth-order valence-corrected chi connectivity index (χ4v) is 4.35. The van der Waals surface area contributed by atoms with Crippen LogP contribution in [0.25, 0.3) is 11.0 Å². The number of carbonyl (C=O) groups is 1. The molecule has 1 atom stereocenters. The van der Waals surface area contributed by atoms with Crippen molar-refractivity contribution in [2.45, 2.75) is 25.8 Å². The van der Waals surface area contributed by atoms with Gasteiger partial charge in [-0.3, -0.25) is 15.2 Å². The Hall–Kier alpha value is -3.50. The highest BCUT2D eigenvalue weighted by Crippen LogP contribution is 2.33. The second-order valence-electron chi connectivity index (χ2n) is 7.65. The van der Waals surface area contributed by atoms with Gasteiger partial charge in [0.25, 0.3) is 5.91 Å². The number of thiazole rings is 1. The summed E-state index contributed by atoms with van der Waals surface area (Å²) in [5, 5.41) is 18.4. The van der Waals surface area contributed by atoms with E-state index in [1.54, 1.807) is 36.7 Å². The number of pyridine rings is 1. The number of aromatic amines is 1. The molecular formula is C22H23N7O2S. The maximum atomic E-state index is 12.6. The van der Waals surface area contributed by atoms with E-state index < -0.39 is 0 Å². The van der Waals surface area contributed by atoms with E-state index in [0.29, 0.717) is 39.7 Å². The molecule has 3 aromatic heterocycles. The van der Waals surface area contributed by atoms with E-state index in [1.165, 1.54) is 11.3 Å². The SMILES string of the molecule is Cc1cnc(NC(=O)c2cccc(Oc3ccnc4[nH]nc(N[C@@H]5CCCNC5)c34)c2)s1. The Bertz CT molecular complexity index is 1250. The number of rotatable bonds is 6. The van der Waals surface area contributed by atoms with Crippen LogP contribution in [0.5, 0.6) is 11.5 Å². The third-order valence-electron chi connectivity index (χ3n) is 5.23. The molecule has 4 N–H and O–H groups in total. The van der Waals surface area contributed by atoms with Crippen LogP contribution >= 0.6 is 11.3 Å². The van der Waals surface area contributed by atoms with E-state index in [9.17, 15) is 4.79 Å². The predicted octanol–water partition coefficient (Wildman–Crippen LogP) is 3.93. The molecule has 1 aliphatic rings. The minimum absolute atomic E-state index is 0.236. The number of piperidine rings is 1. The highest BCUT2D eigenvalue weighted by molar-refractivity contribution is 7.15. The Morgan fingerprint density at radius 3 is 3.03 bits per heavy atom. The molecular weight excluding hydrogens is 426 g/mol. The molecule has 0 unspecified atom stereocenters. The first-order valence-electron chi connectivity index (χ1n) is 10.5. The molecule has 1 aromatic carbocycles. The first kappa shape index (κ1) is 20.4. The van der Waals surface area contributed by atoms with Gasteiger partial charge in [0, 0.05) is 41.5 Å². The zero-order chi connectivity index (χ0) is 21.9. The molecule has 1 fully saturated rings. The second kappa shape index (κ2) is 8.93. The van der Waals surface area contributed by atoms with Gasteiger partial charge in [0.05, 0.1) is 0 Å². The number of ether oxygens (including phenoxy) is 1. The summed E-state index contributed by atoms with van der Waals surface area (Å²) in [6, 6.07) is 9.15. The van der Waals surface area contributed by atoms with Gasteiger partial charge in [0.2, 0.25) is 0 Å². The molecule has 10 heteroatoms. The molecule has 0 bridgehead atoms. The lowest BCUT2D eigenvalue weighted by Crippen LogP contribution is -2.38. The van der Waals surface area contributed by atoms with Crippen molar-refractivity contribution in [3.63, 3.8) is 0 Å². The summed E-state index contributed by atoms with van der Waals surface area (Å²) in [5.74, 6) is 1.64. The molecule has 4 heterocycles. The molecule has 9 nitrogen and oxygen atoms in total. The standard InChI is InChI=1S/C22H23N7O2S/c1-13-11-25-22(32-13)27-21(30)14-4-2-6-16(10-14)31-17-7-9-24-19-18(17)20(29-28-19)26-15-5-3-8-23-12-15/h2,4,6-7,9-11,15,23H,3,5,8,12H2,1H3,(H,25,27,30)(H2,24,26,28,29)/t15-/m1/s1. The van der Waals surface area contributed by atoms with Crippen molar-refractivity contribution in [1.29, 1.82) is 0 Å². The van der Waals surface area contributed by atoms with E-state index in [4.69, 9.17) is 4.74 Å². The van der Waals surface area contributed by atoms with Crippen molar-refractivity contribution in [3.8, 4) is 11.5 Å². The molecule has 0 spiro atoms.